The summed E-state index contributed by atoms with van der Waals surface area (Å²) in [5, 5.41) is 3.67. The van der Waals surface area contributed by atoms with Crippen molar-refractivity contribution < 1.29 is 14.3 Å². The summed E-state index contributed by atoms with van der Waals surface area (Å²) in [6.07, 6.45) is 0. The second kappa shape index (κ2) is 10.5. The fourth-order valence-corrected chi connectivity index (χ4v) is 3.01. The van der Waals surface area contributed by atoms with Gasteiger partial charge in [0.05, 0.1) is 10.0 Å². The molecule has 1 atom stereocenters. The lowest BCUT2D eigenvalue weighted by molar-refractivity contribution is -0.142. The fraction of sp³-hybridized carbons (Fsp3) is 0.364. The number of rotatable bonds is 8. The van der Waals surface area contributed by atoms with Crippen LogP contribution in [0, 0.1) is 6.92 Å². The van der Waals surface area contributed by atoms with Crippen LogP contribution in [-0.4, -0.2) is 35.4 Å². The van der Waals surface area contributed by atoms with Crippen molar-refractivity contribution in [2.75, 3.05) is 6.61 Å². The van der Waals surface area contributed by atoms with Crippen LogP contribution in [0.3, 0.4) is 0 Å². The molecule has 0 aromatic heterocycles. The lowest BCUT2D eigenvalue weighted by Gasteiger charge is -2.29. The molecule has 0 radical (unpaired) electrons. The number of hydrogen-bond donors (Lipinski definition) is 1. The van der Waals surface area contributed by atoms with E-state index in [1.54, 1.807) is 37.3 Å². The van der Waals surface area contributed by atoms with Crippen molar-refractivity contribution >= 4 is 35.0 Å². The number of amides is 2. The summed E-state index contributed by atoms with van der Waals surface area (Å²) in [6, 6.07) is 11.9. The van der Waals surface area contributed by atoms with Gasteiger partial charge in [0.1, 0.15) is 11.8 Å². The highest BCUT2D eigenvalue weighted by Crippen LogP contribution is 2.24. The number of aryl methyl sites for hydroxylation is 1. The Balaban J connectivity index is 2.17. The molecule has 0 aliphatic rings. The lowest BCUT2D eigenvalue weighted by Crippen LogP contribution is -2.50. The monoisotopic (exact) mass is 436 g/mol. The highest BCUT2D eigenvalue weighted by atomic mass is 35.5. The quantitative estimate of drug-likeness (QED) is 0.656. The van der Waals surface area contributed by atoms with Crippen LogP contribution in [0.15, 0.2) is 42.5 Å². The standard InChI is InChI=1S/C22H26Cl2N2O3/c1-14(2)25-22(28)16(4)26(12-17-7-10-19(23)20(24)11-17)21(27)13-29-18-8-5-15(3)6-9-18/h5-11,14,16H,12-13H2,1-4H3,(H,25,28). The first-order valence-electron chi connectivity index (χ1n) is 9.40. The van der Waals surface area contributed by atoms with Crippen molar-refractivity contribution in [2.24, 2.45) is 0 Å². The Morgan fingerprint density at radius 2 is 1.69 bits per heavy atom. The minimum absolute atomic E-state index is 0.0318. The minimum Gasteiger partial charge on any atom is -0.484 e. The molecular formula is C22H26Cl2N2O3. The maximum absolute atomic E-state index is 12.9. The third-order valence-electron chi connectivity index (χ3n) is 4.32. The predicted octanol–water partition coefficient (Wildman–Crippen LogP) is 4.62. The average Bonchev–Trinajstić information content (AvgIpc) is 2.67. The molecule has 7 heteroatoms. The topological polar surface area (TPSA) is 58.6 Å². The summed E-state index contributed by atoms with van der Waals surface area (Å²) in [6.45, 7) is 7.44. The molecule has 2 aromatic carbocycles. The molecule has 2 amide bonds. The number of halogens is 2. The molecule has 0 spiro atoms. The van der Waals surface area contributed by atoms with Crippen LogP contribution in [0.4, 0.5) is 0 Å². The maximum Gasteiger partial charge on any atom is 0.261 e. The second-order valence-electron chi connectivity index (χ2n) is 7.21. The molecule has 0 bridgehead atoms. The second-order valence-corrected chi connectivity index (χ2v) is 8.03. The summed E-state index contributed by atoms with van der Waals surface area (Å²) in [7, 11) is 0. The van der Waals surface area contributed by atoms with Crippen molar-refractivity contribution in [2.45, 2.75) is 46.3 Å². The molecule has 156 valence electrons. The number of carbonyl (C=O) groups excluding carboxylic acids is 2. The van der Waals surface area contributed by atoms with Crippen molar-refractivity contribution in [1.29, 1.82) is 0 Å². The van der Waals surface area contributed by atoms with E-state index in [0.717, 1.165) is 11.1 Å². The van der Waals surface area contributed by atoms with Crippen molar-refractivity contribution in [3.05, 3.63) is 63.6 Å². The first-order chi connectivity index (χ1) is 13.7. The van der Waals surface area contributed by atoms with Crippen molar-refractivity contribution in [3.63, 3.8) is 0 Å². The summed E-state index contributed by atoms with van der Waals surface area (Å²) >= 11 is 12.1. The van der Waals surface area contributed by atoms with Gasteiger partial charge in [-0.05, 0) is 57.5 Å². The van der Waals surface area contributed by atoms with Gasteiger partial charge in [0.25, 0.3) is 5.91 Å². The molecule has 29 heavy (non-hydrogen) atoms. The Labute approximate surface area is 181 Å². The zero-order valence-electron chi connectivity index (χ0n) is 17.0. The predicted molar refractivity (Wildman–Crippen MR) is 116 cm³/mol. The molecule has 0 aliphatic heterocycles. The number of hydrogen-bond acceptors (Lipinski definition) is 3. The van der Waals surface area contributed by atoms with Gasteiger partial charge in [-0.2, -0.15) is 0 Å². The van der Waals surface area contributed by atoms with Crippen LogP contribution in [0.2, 0.25) is 10.0 Å². The van der Waals surface area contributed by atoms with Crippen LogP contribution in [0.5, 0.6) is 5.75 Å². The van der Waals surface area contributed by atoms with Gasteiger partial charge in [-0.3, -0.25) is 9.59 Å². The van der Waals surface area contributed by atoms with Gasteiger partial charge in [-0.1, -0.05) is 47.0 Å². The molecule has 1 N–H and O–H groups in total. The molecule has 5 nitrogen and oxygen atoms in total. The zero-order chi connectivity index (χ0) is 21.6. The SMILES string of the molecule is Cc1ccc(OCC(=O)N(Cc2ccc(Cl)c(Cl)c2)C(C)C(=O)NC(C)C)cc1. The van der Waals surface area contributed by atoms with Gasteiger partial charge in [-0.25, -0.2) is 0 Å². The Morgan fingerprint density at radius 3 is 2.28 bits per heavy atom. The third kappa shape index (κ3) is 6.94. The lowest BCUT2D eigenvalue weighted by atomic mass is 10.1. The summed E-state index contributed by atoms with van der Waals surface area (Å²) in [5.74, 6) is 0.0597. The van der Waals surface area contributed by atoms with E-state index in [1.807, 2.05) is 32.9 Å². The number of nitrogens with zero attached hydrogens (tertiary/aromatic N) is 1. The number of benzene rings is 2. The van der Waals surface area contributed by atoms with Crippen LogP contribution in [-0.2, 0) is 16.1 Å². The van der Waals surface area contributed by atoms with E-state index in [1.165, 1.54) is 4.90 Å². The van der Waals surface area contributed by atoms with Crippen molar-refractivity contribution in [3.8, 4) is 5.75 Å². The normalized spacial score (nSPS) is 11.8. The highest BCUT2D eigenvalue weighted by Gasteiger charge is 2.27. The van der Waals surface area contributed by atoms with Gasteiger partial charge in [0.2, 0.25) is 5.91 Å². The number of ether oxygens (including phenoxy) is 1. The van der Waals surface area contributed by atoms with E-state index in [9.17, 15) is 9.59 Å². The number of nitrogens with one attached hydrogen (secondary N) is 1. The molecule has 0 saturated carbocycles. The number of carbonyl (C=O) groups is 2. The van der Waals surface area contributed by atoms with Crippen LogP contribution in [0.1, 0.15) is 31.9 Å². The first kappa shape index (κ1) is 23.0. The Hall–Kier alpha value is -2.24. The smallest absolute Gasteiger partial charge is 0.261 e. The van der Waals surface area contributed by atoms with E-state index in [4.69, 9.17) is 27.9 Å². The largest absolute Gasteiger partial charge is 0.484 e. The molecule has 0 saturated heterocycles. The molecule has 0 heterocycles. The Bertz CT molecular complexity index is 854. The van der Waals surface area contributed by atoms with Crippen LogP contribution in [0.25, 0.3) is 0 Å². The third-order valence-corrected chi connectivity index (χ3v) is 5.06. The van der Waals surface area contributed by atoms with Gasteiger partial charge in [0.15, 0.2) is 6.61 Å². The van der Waals surface area contributed by atoms with Gasteiger partial charge < -0.3 is 15.0 Å². The Kier molecular flexibility index (Phi) is 8.35. The Morgan fingerprint density at radius 1 is 1.03 bits per heavy atom. The summed E-state index contributed by atoms with van der Waals surface area (Å²) in [5.41, 5.74) is 1.87. The molecule has 0 fully saturated rings. The van der Waals surface area contributed by atoms with Crippen LogP contribution < -0.4 is 10.1 Å². The average molecular weight is 437 g/mol. The minimum atomic E-state index is -0.680. The van der Waals surface area contributed by atoms with E-state index in [2.05, 4.69) is 5.32 Å². The van der Waals surface area contributed by atoms with Gasteiger partial charge in [-0.15, -0.1) is 0 Å². The maximum atomic E-state index is 12.9. The van der Waals surface area contributed by atoms with Crippen molar-refractivity contribution in [1.82, 2.24) is 10.2 Å². The van der Waals surface area contributed by atoms with E-state index < -0.39 is 6.04 Å². The zero-order valence-corrected chi connectivity index (χ0v) is 18.6. The van der Waals surface area contributed by atoms with E-state index in [0.29, 0.717) is 15.8 Å². The summed E-state index contributed by atoms with van der Waals surface area (Å²) < 4.78 is 5.63. The van der Waals surface area contributed by atoms with Gasteiger partial charge >= 0.3 is 0 Å². The van der Waals surface area contributed by atoms with E-state index >= 15 is 0 Å². The fourth-order valence-electron chi connectivity index (χ4n) is 2.68. The molecular weight excluding hydrogens is 411 g/mol. The molecule has 0 aliphatic carbocycles. The molecule has 2 aromatic rings. The van der Waals surface area contributed by atoms with Gasteiger partial charge in [0, 0.05) is 12.6 Å². The molecule has 2 rings (SSSR count). The van der Waals surface area contributed by atoms with Crippen LogP contribution >= 0.6 is 23.2 Å². The first-order valence-corrected chi connectivity index (χ1v) is 10.2. The summed E-state index contributed by atoms with van der Waals surface area (Å²) in [4.78, 5) is 26.9. The molecule has 1 unspecified atom stereocenters. The highest BCUT2D eigenvalue weighted by molar-refractivity contribution is 6.42. The van der Waals surface area contributed by atoms with E-state index in [-0.39, 0.29) is 31.0 Å².